The Labute approximate surface area is 110 Å². The van der Waals surface area contributed by atoms with E-state index in [2.05, 4.69) is 36.4 Å². The number of benzene rings is 1. The second-order valence-corrected chi connectivity index (χ2v) is 5.64. The molecule has 2 heteroatoms. The van der Waals surface area contributed by atoms with Crippen LogP contribution in [-0.4, -0.2) is 5.78 Å². The van der Waals surface area contributed by atoms with E-state index in [1.54, 1.807) is 18.3 Å². The number of fused-ring (bicyclic) bond motifs is 1. The summed E-state index contributed by atoms with van der Waals surface area (Å²) in [5, 5.41) is 1.17. The van der Waals surface area contributed by atoms with E-state index in [1.807, 2.05) is 6.07 Å². The van der Waals surface area contributed by atoms with Gasteiger partial charge in [0.05, 0.1) is 4.88 Å². The summed E-state index contributed by atoms with van der Waals surface area (Å²) in [5.74, 6) is 0.148. The molecule has 0 N–H and O–H groups in total. The molecule has 18 heavy (non-hydrogen) atoms. The molecule has 0 atom stereocenters. The van der Waals surface area contributed by atoms with Crippen molar-refractivity contribution in [3.8, 4) is 0 Å². The highest BCUT2D eigenvalue weighted by Gasteiger charge is 2.08. The van der Waals surface area contributed by atoms with Crippen LogP contribution in [0, 0.1) is 0 Å². The van der Waals surface area contributed by atoms with Crippen molar-refractivity contribution >= 4 is 32.8 Å². The molecular weight excluding hydrogens is 240 g/mol. The second-order valence-electron chi connectivity index (χ2n) is 4.56. The van der Waals surface area contributed by atoms with Gasteiger partial charge in [-0.1, -0.05) is 24.3 Å². The van der Waals surface area contributed by atoms with Gasteiger partial charge in [0.15, 0.2) is 5.78 Å². The third-order valence-corrected chi connectivity index (χ3v) is 4.41. The Morgan fingerprint density at radius 2 is 2.11 bits per heavy atom. The normalized spacial score (nSPS) is 14.8. The molecule has 0 saturated carbocycles. The summed E-state index contributed by atoms with van der Waals surface area (Å²) in [5.41, 5.74) is 2.53. The van der Waals surface area contributed by atoms with E-state index in [0.29, 0.717) is 0 Å². The lowest BCUT2D eigenvalue weighted by atomic mass is 9.99. The van der Waals surface area contributed by atoms with Crippen molar-refractivity contribution < 1.29 is 4.79 Å². The Morgan fingerprint density at radius 1 is 1.22 bits per heavy atom. The van der Waals surface area contributed by atoms with Crippen LogP contribution >= 0.6 is 11.3 Å². The number of Topliss-reactive ketones (excluding diaryl/α,β-unsaturated/α-hetero) is 1. The van der Waals surface area contributed by atoms with Gasteiger partial charge in [-0.05, 0) is 54.5 Å². The summed E-state index contributed by atoms with van der Waals surface area (Å²) >= 11 is 1.57. The third-order valence-electron chi connectivity index (χ3n) is 3.19. The summed E-state index contributed by atoms with van der Waals surface area (Å²) in [7, 11) is 0. The number of allylic oxidation sites excluding steroid dienone is 4. The fourth-order valence-corrected chi connectivity index (χ4v) is 3.16. The molecule has 1 nitrogen and oxygen atoms in total. The van der Waals surface area contributed by atoms with Crippen LogP contribution in [-0.2, 0) is 0 Å². The van der Waals surface area contributed by atoms with E-state index in [1.165, 1.54) is 21.2 Å². The van der Waals surface area contributed by atoms with Gasteiger partial charge in [0.1, 0.15) is 0 Å². The molecule has 0 radical (unpaired) electrons. The zero-order valence-electron chi connectivity index (χ0n) is 10.3. The molecule has 3 rings (SSSR count). The van der Waals surface area contributed by atoms with Crippen molar-refractivity contribution in [3.63, 3.8) is 0 Å². The molecular formula is C16H14OS. The quantitative estimate of drug-likeness (QED) is 0.701. The SMILES string of the molecule is CC(=O)c1cc2cc(C3=CCCC=C3)ccc2s1. The predicted octanol–water partition coefficient (Wildman–Crippen LogP) is 4.84. The summed E-state index contributed by atoms with van der Waals surface area (Å²) in [6.45, 7) is 1.62. The van der Waals surface area contributed by atoms with Gasteiger partial charge in [-0.15, -0.1) is 11.3 Å². The van der Waals surface area contributed by atoms with Crippen molar-refractivity contribution in [2.45, 2.75) is 19.8 Å². The molecule has 1 aromatic heterocycles. The molecule has 90 valence electrons. The van der Waals surface area contributed by atoms with Crippen molar-refractivity contribution in [1.29, 1.82) is 0 Å². The first-order chi connectivity index (χ1) is 8.74. The summed E-state index contributed by atoms with van der Waals surface area (Å²) < 4.78 is 1.18. The van der Waals surface area contributed by atoms with Crippen LogP contribution in [0.2, 0.25) is 0 Å². The van der Waals surface area contributed by atoms with Gasteiger partial charge in [0.2, 0.25) is 0 Å². The number of thiophene rings is 1. The topological polar surface area (TPSA) is 17.1 Å². The lowest BCUT2D eigenvalue weighted by molar-refractivity contribution is 0.102. The molecule has 0 bridgehead atoms. The molecule has 0 fully saturated rings. The van der Waals surface area contributed by atoms with Gasteiger partial charge in [-0.25, -0.2) is 0 Å². The lowest BCUT2D eigenvalue weighted by Crippen LogP contribution is -1.85. The van der Waals surface area contributed by atoms with E-state index in [9.17, 15) is 4.79 Å². The zero-order chi connectivity index (χ0) is 12.5. The van der Waals surface area contributed by atoms with Crippen LogP contribution in [0.5, 0.6) is 0 Å². The average molecular weight is 254 g/mol. The van der Waals surface area contributed by atoms with Crippen LogP contribution in [0.3, 0.4) is 0 Å². The third kappa shape index (κ3) is 2.04. The molecule has 2 aromatic rings. The van der Waals surface area contributed by atoms with E-state index in [-0.39, 0.29) is 5.78 Å². The fraction of sp³-hybridized carbons (Fsp3) is 0.188. The van der Waals surface area contributed by atoms with Crippen LogP contribution < -0.4 is 0 Å². The second kappa shape index (κ2) is 4.54. The first-order valence-corrected chi connectivity index (χ1v) is 6.97. The number of ketones is 1. The Bertz CT molecular complexity index is 673. The number of carbonyl (C=O) groups is 1. The molecule has 0 amide bonds. The Kier molecular flexibility index (Phi) is 2.88. The first-order valence-electron chi connectivity index (χ1n) is 6.15. The Morgan fingerprint density at radius 3 is 2.83 bits per heavy atom. The summed E-state index contributed by atoms with van der Waals surface area (Å²) in [4.78, 5) is 12.2. The monoisotopic (exact) mass is 254 g/mol. The Hall–Kier alpha value is -1.67. The maximum Gasteiger partial charge on any atom is 0.169 e. The summed E-state index contributed by atoms with van der Waals surface area (Å²) in [6, 6.07) is 8.44. The molecule has 1 aliphatic carbocycles. The number of carbonyl (C=O) groups excluding carboxylic acids is 1. The van der Waals surface area contributed by atoms with Gasteiger partial charge < -0.3 is 0 Å². The van der Waals surface area contributed by atoms with E-state index >= 15 is 0 Å². The summed E-state index contributed by atoms with van der Waals surface area (Å²) in [6.07, 6.45) is 8.93. The highest BCUT2D eigenvalue weighted by atomic mass is 32.1. The Balaban J connectivity index is 2.08. The minimum absolute atomic E-state index is 0.148. The molecule has 0 saturated heterocycles. The minimum atomic E-state index is 0.148. The zero-order valence-corrected chi connectivity index (χ0v) is 11.1. The van der Waals surface area contributed by atoms with Crippen molar-refractivity contribution in [2.75, 3.05) is 0 Å². The standard InChI is InChI=1S/C16H14OS/c1-11(17)16-10-14-9-13(7-8-15(14)18-16)12-5-3-2-4-6-12/h3,5-10H,2,4H2,1H3. The molecule has 1 heterocycles. The average Bonchev–Trinajstić information content (AvgIpc) is 2.82. The van der Waals surface area contributed by atoms with Crippen molar-refractivity contribution in [1.82, 2.24) is 0 Å². The maximum absolute atomic E-state index is 11.4. The first kappa shape index (κ1) is 11.4. The number of hydrogen-bond acceptors (Lipinski definition) is 2. The van der Waals surface area contributed by atoms with Crippen molar-refractivity contribution in [2.24, 2.45) is 0 Å². The van der Waals surface area contributed by atoms with Crippen LogP contribution in [0.25, 0.3) is 15.7 Å². The molecule has 1 aliphatic rings. The van der Waals surface area contributed by atoms with Gasteiger partial charge >= 0.3 is 0 Å². The number of hydrogen-bond donors (Lipinski definition) is 0. The highest BCUT2D eigenvalue weighted by molar-refractivity contribution is 7.20. The highest BCUT2D eigenvalue weighted by Crippen LogP contribution is 2.30. The van der Waals surface area contributed by atoms with Crippen molar-refractivity contribution in [3.05, 3.63) is 52.9 Å². The molecule has 0 aliphatic heterocycles. The van der Waals surface area contributed by atoms with Gasteiger partial charge in [-0.2, -0.15) is 0 Å². The number of rotatable bonds is 2. The van der Waals surface area contributed by atoms with E-state index in [0.717, 1.165) is 17.7 Å². The van der Waals surface area contributed by atoms with E-state index < -0.39 is 0 Å². The van der Waals surface area contributed by atoms with Crippen LogP contribution in [0.4, 0.5) is 0 Å². The molecule has 0 spiro atoms. The molecule has 1 aromatic carbocycles. The van der Waals surface area contributed by atoms with Crippen LogP contribution in [0.15, 0.2) is 42.5 Å². The fourth-order valence-electron chi connectivity index (χ4n) is 2.22. The van der Waals surface area contributed by atoms with Gasteiger partial charge in [0.25, 0.3) is 0 Å². The van der Waals surface area contributed by atoms with Gasteiger partial charge in [-0.3, -0.25) is 4.79 Å². The predicted molar refractivity (Wildman–Crippen MR) is 78.2 cm³/mol. The largest absolute Gasteiger partial charge is 0.294 e. The van der Waals surface area contributed by atoms with E-state index in [4.69, 9.17) is 0 Å². The maximum atomic E-state index is 11.4. The van der Waals surface area contributed by atoms with Crippen LogP contribution in [0.1, 0.15) is 35.0 Å². The van der Waals surface area contributed by atoms with Gasteiger partial charge in [0, 0.05) is 4.70 Å². The minimum Gasteiger partial charge on any atom is -0.294 e. The smallest absolute Gasteiger partial charge is 0.169 e. The lowest BCUT2D eigenvalue weighted by Gasteiger charge is -2.06. The molecule has 0 unspecified atom stereocenters.